The fraction of sp³-hybridized carbons (Fsp3) is 0.118. The molecule has 0 radical (unpaired) electrons. The summed E-state index contributed by atoms with van der Waals surface area (Å²) in [7, 11) is -7.66. The molecule has 0 saturated heterocycles. The highest BCUT2D eigenvalue weighted by Gasteiger charge is 2.17. The van der Waals surface area contributed by atoms with E-state index in [9.17, 15) is 16.8 Å². The SMILES string of the molecule is O=S(=O)(NCc1ccccc1CNS(=O)(=O)c1ccc(OCc2ccccc2)cc1)c1ccc(OCc2ccccc2)cc1. The number of hydrogen-bond acceptors (Lipinski definition) is 6. The maximum atomic E-state index is 13.0. The van der Waals surface area contributed by atoms with Crippen molar-refractivity contribution in [3.05, 3.63) is 156 Å². The van der Waals surface area contributed by atoms with Crippen molar-refractivity contribution >= 4 is 20.0 Å². The lowest BCUT2D eigenvalue weighted by molar-refractivity contribution is 0.306. The van der Waals surface area contributed by atoms with Gasteiger partial charge >= 0.3 is 0 Å². The van der Waals surface area contributed by atoms with Crippen LogP contribution in [0.5, 0.6) is 11.5 Å². The molecule has 44 heavy (non-hydrogen) atoms. The van der Waals surface area contributed by atoms with Gasteiger partial charge in [0.25, 0.3) is 0 Å². The standard InChI is InChI=1S/C34H32N2O6S2/c37-43(38,33-19-15-31(16-20-33)41-25-27-9-3-1-4-10-27)35-23-29-13-7-8-14-30(29)24-36-44(39,40)34-21-17-32(18-22-34)42-26-28-11-5-2-6-12-28/h1-22,35-36H,23-26H2. The molecule has 2 N–H and O–H groups in total. The van der Waals surface area contributed by atoms with Crippen molar-refractivity contribution in [3.8, 4) is 11.5 Å². The highest BCUT2D eigenvalue weighted by atomic mass is 32.2. The van der Waals surface area contributed by atoms with Crippen LogP contribution < -0.4 is 18.9 Å². The lowest BCUT2D eigenvalue weighted by atomic mass is 10.1. The predicted molar refractivity (Wildman–Crippen MR) is 169 cm³/mol. The van der Waals surface area contributed by atoms with Crippen molar-refractivity contribution in [1.29, 1.82) is 0 Å². The van der Waals surface area contributed by atoms with E-state index in [4.69, 9.17) is 9.47 Å². The Morgan fingerprint density at radius 2 is 0.773 bits per heavy atom. The minimum Gasteiger partial charge on any atom is -0.489 e. The van der Waals surface area contributed by atoms with Gasteiger partial charge in [-0.25, -0.2) is 26.3 Å². The van der Waals surface area contributed by atoms with Crippen LogP contribution in [-0.2, 0) is 46.3 Å². The molecule has 226 valence electrons. The van der Waals surface area contributed by atoms with E-state index in [1.807, 2.05) is 60.7 Å². The zero-order valence-corrected chi connectivity index (χ0v) is 25.4. The molecule has 0 unspecified atom stereocenters. The molecule has 0 saturated carbocycles. The topological polar surface area (TPSA) is 111 Å². The zero-order chi connectivity index (χ0) is 30.8. The maximum Gasteiger partial charge on any atom is 0.240 e. The van der Waals surface area contributed by atoms with Crippen LogP contribution in [0, 0.1) is 0 Å². The molecule has 0 heterocycles. The van der Waals surface area contributed by atoms with Gasteiger partial charge in [0.2, 0.25) is 20.0 Å². The van der Waals surface area contributed by atoms with Crippen LogP contribution in [0.15, 0.2) is 143 Å². The third kappa shape index (κ3) is 8.55. The van der Waals surface area contributed by atoms with Gasteiger partial charge in [-0.2, -0.15) is 0 Å². The molecule has 0 aromatic heterocycles. The molecule has 0 aliphatic carbocycles. The molecule has 8 nitrogen and oxygen atoms in total. The normalized spacial score (nSPS) is 11.6. The Kier molecular flexibility index (Phi) is 10.1. The van der Waals surface area contributed by atoms with Gasteiger partial charge in [0.05, 0.1) is 9.79 Å². The summed E-state index contributed by atoms with van der Waals surface area (Å²) in [5.41, 5.74) is 3.31. The Balaban J connectivity index is 1.16. The average molecular weight is 629 g/mol. The summed E-state index contributed by atoms with van der Waals surface area (Å²) in [5, 5.41) is 0. The van der Waals surface area contributed by atoms with Crippen molar-refractivity contribution < 1.29 is 26.3 Å². The molecular formula is C34H32N2O6S2. The lowest BCUT2D eigenvalue weighted by Gasteiger charge is -2.13. The second-order valence-electron chi connectivity index (χ2n) is 9.91. The third-order valence-corrected chi connectivity index (χ3v) is 9.62. The van der Waals surface area contributed by atoms with Crippen molar-refractivity contribution in [2.24, 2.45) is 0 Å². The highest BCUT2D eigenvalue weighted by molar-refractivity contribution is 7.89. The minimum atomic E-state index is -3.83. The smallest absolute Gasteiger partial charge is 0.240 e. The molecule has 0 bridgehead atoms. The van der Waals surface area contributed by atoms with Gasteiger partial charge < -0.3 is 9.47 Å². The van der Waals surface area contributed by atoms with E-state index in [1.54, 1.807) is 48.5 Å². The van der Waals surface area contributed by atoms with Crippen LogP contribution >= 0.6 is 0 Å². The largest absolute Gasteiger partial charge is 0.489 e. The van der Waals surface area contributed by atoms with Crippen LogP contribution in [0.4, 0.5) is 0 Å². The Morgan fingerprint density at radius 3 is 1.14 bits per heavy atom. The van der Waals surface area contributed by atoms with Crippen molar-refractivity contribution in [2.45, 2.75) is 36.1 Å². The van der Waals surface area contributed by atoms with Crippen LogP contribution in [0.3, 0.4) is 0 Å². The fourth-order valence-corrected chi connectivity index (χ4v) is 6.34. The first kappa shape index (κ1) is 31.0. The summed E-state index contributed by atoms with van der Waals surface area (Å²) in [6.07, 6.45) is 0. The number of nitrogens with one attached hydrogen (secondary N) is 2. The summed E-state index contributed by atoms with van der Waals surface area (Å²) < 4.78 is 68.7. The Bertz CT molecular complexity index is 1720. The molecule has 5 rings (SSSR count). The van der Waals surface area contributed by atoms with Crippen molar-refractivity contribution in [2.75, 3.05) is 0 Å². The van der Waals surface area contributed by atoms with E-state index in [1.165, 1.54) is 24.3 Å². The quantitative estimate of drug-likeness (QED) is 0.161. The van der Waals surface area contributed by atoms with Crippen molar-refractivity contribution in [3.63, 3.8) is 0 Å². The number of hydrogen-bond donors (Lipinski definition) is 2. The summed E-state index contributed by atoms with van der Waals surface area (Å²) in [6.45, 7) is 0.723. The van der Waals surface area contributed by atoms with E-state index in [0.717, 1.165) is 11.1 Å². The Labute approximate surface area is 258 Å². The highest BCUT2D eigenvalue weighted by Crippen LogP contribution is 2.20. The number of ether oxygens (including phenoxy) is 2. The number of rotatable bonds is 14. The molecule has 0 aliphatic rings. The van der Waals surface area contributed by atoms with Gasteiger partial charge in [-0.05, 0) is 70.8 Å². The van der Waals surface area contributed by atoms with Gasteiger partial charge in [0.15, 0.2) is 0 Å². The second-order valence-corrected chi connectivity index (χ2v) is 13.4. The fourth-order valence-electron chi connectivity index (χ4n) is 4.33. The summed E-state index contributed by atoms with van der Waals surface area (Å²) in [6, 6.07) is 38.8. The molecule has 0 fully saturated rings. The Hall–Kier alpha value is -4.48. The molecular weight excluding hydrogens is 597 g/mol. The first-order valence-corrected chi connectivity index (χ1v) is 16.8. The van der Waals surface area contributed by atoms with Crippen LogP contribution in [0.2, 0.25) is 0 Å². The first-order valence-electron chi connectivity index (χ1n) is 13.9. The lowest BCUT2D eigenvalue weighted by Crippen LogP contribution is -2.26. The van der Waals surface area contributed by atoms with Crippen LogP contribution in [0.25, 0.3) is 0 Å². The first-order chi connectivity index (χ1) is 21.3. The average Bonchev–Trinajstić information content (AvgIpc) is 3.06. The van der Waals surface area contributed by atoms with Gasteiger partial charge in [-0.15, -0.1) is 0 Å². The zero-order valence-electron chi connectivity index (χ0n) is 23.8. The van der Waals surface area contributed by atoms with Crippen molar-refractivity contribution in [1.82, 2.24) is 9.44 Å². The number of sulfonamides is 2. The minimum absolute atomic E-state index is 0.0139. The van der Waals surface area contributed by atoms with E-state index in [0.29, 0.717) is 35.8 Å². The molecule has 0 aliphatic heterocycles. The molecule has 10 heteroatoms. The Morgan fingerprint density at radius 1 is 0.432 bits per heavy atom. The molecule has 5 aromatic carbocycles. The molecule has 0 amide bonds. The monoisotopic (exact) mass is 628 g/mol. The van der Waals surface area contributed by atoms with E-state index in [2.05, 4.69) is 9.44 Å². The summed E-state index contributed by atoms with van der Waals surface area (Å²) in [5.74, 6) is 1.11. The molecule has 0 spiro atoms. The maximum absolute atomic E-state index is 13.0. The molecule has 5 aromatic rings. The third-order valence-electron chi connectivity index (χ3n) is 6.79. The summed E-state index contributed by atoms with van der Waals surface area (Å²) >= 11 is 0. The molecule has 0 atom stereocenters. The van der Waals surface area contributed by atoms with E-state index >= 15 is 0 Å². The van der Waals surface area contributed by atoms with E-state index < -0.39 is 20.0 Å². The van der Waals surface area contributed by atoms with Gasteiger partial charge in [-0.3, -0.25) is 0 Å². The van der Waals surface area contributed by atoms with E-state index in [-0.39, 0.29) is 22.9 Å². The number of benzene rings is 5. The predicted octanol–water partition coefficient (Wildman–Crippen LogP) is 5.80. The second kappa shape index (κ2) is 14.3. The van der Waals surface area contributed by atoms with Gasteiger partial charge in [0, 0.05) is 13.1 Å². The van der Waals surface area contributed by atoms with Gasteiger partial charge in [-0.1, -0.05) is 84.9 Å². The van der Waals surface area contributed by atoms with Crippen LogP contribution in [-0.4, -0.2) is 16.8 Å². The van der Waals surface area contributed by atoms with Gasteiger partial charge in [0.1, 0.15) is 24.7 Å². The van der Waals surface area contributed by atoms with Crippen LogP contribution in [0.1, 0.15) is 22.3 Å². The summed E-state index contributed by atoms with van der Waals surface area (Å²) in [4.78, 5) is 0.192.